The smallest absolute Gasteiger partial charge is 0.205 e. The third-order valence-corrected chi connectivity index (χ3v) is 7.02. The van der Waals surface area contributed by atoms with Crippen LogP contribution in [0.5, 0.6) is 0 Å². The predicted molar refractivity (Wildman–Crippen MR) is 68.8 cm³/mol. The third-order valence-electron chi connectivity index (χ3n) is 2.26. The Morgan fingerprint density at radius 2 is 1.73 bits per heavy atom. The van der Waals surface area contributed by atoms with Crippen molar-refractivity contribution in [3.63, 3.8) is 0 Å². The molecule has 0 N–H and O–H groups in total. The van der Waals surface area contributed by atoms with E-state index in [0.717, 1.165) is 18.0 Å². The largest absolute Gasteiger partial charge is 0.295 e. The van der Waals surface area contributed by atoms with Gasteiger partial charge in [-0.05, 0) is 23.5 Å². The van der Waals surface area contributed by atoms with Crippen LogP contribution in [0.1, 0.15) is 13.8 Å². The van der Waals surface area contributed by atoms with E-state index in [0.29, 0.717) is 0 Å². The van der Waals surface area contributed by atoms with E-state index >= 15 is 0 Å². The second-order valence-corrected chi connectivity index (χ2v) is 8.75. The summed E-state index contributed by atoms with van der Waals surface area (Å²) in [7, 11) is 0. The second kappa shape index (κ2) is 5.74. The Morgan fingerprint density at radius 3 is 2.20 bits per heavy atom. The van der Waals surface area contributed by atoms with Gasteiger partial charge in [0, 0.05) is 24.6 Å². The molecule has 0 bridgehead atoms. The van der Waals surface area contributed by atoms with E-state index < -0.39 is 6.49 Å². The molecule has 0 aliphatic heterocycles. The fourth-order valence-corrected chi connectivity index (χ4v) is 5.86. The molecule has 0 spiro atoms. The highest BCUT2D eigenvalue weighted by molar-refractivity contribution is 8.57. The lowest BCUT2D eigenvalue weighted by molar-refractivity contribution is 0.460. The summed E-state index contributed by atoms with van der Waals surface area (Å²) in [6, 6.07) is 9.94. The van der Waals surface area contributed by atoms with E-state index in [-0.39, 0.29) is 0 Å². The molecule has 0 aliphatic rings. The minimum atomic E-state index is -2.27. The summed E-state index contributed by atoms with van der Waals surface area (Å²) in [6.07, 6.45) is 0. The highest BCUT2D eigenvalue weighted by atomic mass is 32.7. The maximum absolute atomic E-state index is 12.4. The maximum atomic E-state index is 12.4. The fourth-order valence-electron chi connectivity index (χ4n) is 1.47. The standard InChI is InChI=1S/C11H18NOPS/c1-4-12(5-2)14(3,13)15-11-9-7-6-8-10-11/h6-10H,4-5H2,1-3H3. The summed E-state index contributed by atoms with van der Waals surface area (Å²) >= 11 is 1.48. The van der Waals surface area contributed by atoms with Gasteiger partial charge in [-0.1, -0.05) is 32.0 Å². The van der Waals surface area contributed by atoms with Gasteiger partial charge in [-0.2, -0.15) is 0 Å². The quantitative estimate of drug-likeness (QED) is 0.730. The molecule has 0 heterocycles. The van der Waals surface area contributed by atoms with Crippen LogP contribution in [0, 0.1) is 0 Å². The monoisotopic (exact) mass is 243 g/mol. The summed E-state index contributed by atoms with van der Waals surface area (Å²) in [5.74, 6) is 0. The second-order valence-electron chi connectivity index (χ2n) is 3.35. The molecule has 1 aromatic carbocycles. The molecule has 1 rings (SSSR count). The summed E-state index contributed by atoms with van der Waals surface area (Å²) < 4.78 is 14.5. The van der Waals surface area contributed by atoms with Crippen molar-refractivity contribution in [1.29, 1.82) is 0 Å². The highest BCUT2D eigenvalue weighted by Gasteiger charge is 2.23. The van der Waals surface area contributed by atoms with E-state index in [1.54, 1.807) is 0 Å². The molecule has 0 aromatic heterocycles. The Morgan fingerprint density at radius 1 is 1.20 bits per heavy atom. The molecule has 0 saturated heterocycles. The van der Waals surface area contributed by atoms with E-state index in [2.05, 4.69) is 0 Å². The molecule has 1 atom stereocenters. The van der Waals surface area contributed by atoms with Gasteiger partial charge in [0.2, 0.25) is 6.49 Å². The minimum absolute atomic E-state index is 0.837. The van der Waals surface area contributed by atoms with Crippen molar-refractivity contribution < 1.29 is 4.57 Å². The first-order chi connectivity index (χ1) is 7.10. The van der Waals surface area contributed by atoms with Crippen molar-refractivity contribution in [3.8, 4) is 0 Å². The van der Waals surface area contributed by atoms with Crippen LogP contribution in [-0.2, 0) is 4.57 Å². The van der Waals surface area contributed by atoms with Gasteiger partial charge in [-0.25, -0.2) is 4.67 Å². The Kier molecular flexibility index (Phi) is 4.91. The van der Waals surface area contributed by atoms with Gasteiger partial charge < -0.3 is 0 Å². The van der Waals surface area contributed by atoms with Crippen molar-refractivity contribution in [2.75, 3.05) is 19.8 Å². The van der Waals surface area contributed by atoms with Gasteiger partial charge in [0.05, 0.1) is 0 Å². The number of rotatable bonds is 5. The molecule has 0 saturated carbocycles. The van der Waals surface area contributed by atoms with Gasteiger partial charge in [0.25, 0.3) is 0 Å². The molecule has 0 amide bonds. The molecule has 0 fully saturated rings. The fraction of sp³-hybridized carbons (Fsp3) is 0.455. The number of hydrogen-bond acceptors (Lipinski definition) is 2. The summed E-state index contributed by atoms with van der Waals surface area (Å²) in [6.45, 7) is 5.34. The predicted octanol–water partition coefficient (Wildman–Crippen LogP) is 3.94. The molecule has 84 valence electrons. The molecule has 2 nitrogen and oxygen atoms in total. The number of hydrogen-bond donors (Lipinski definition) is 0. The van der Waals surface area contributed by atoms with Crippen molar-refractivity contribution in [2.45, 2.75) is 18.7 Å². The van der Waals surface area contributed by atoms with Gasteiger partial charge >= 0.3 is 0 Å². The Labute approximate surface area is 96.2 Å². The Bertz CT molecular complexity index is 338. The van der Waals surface area contributed by atoms with Crippen LogP contribution >= 0.6 is 17.9 Å². The normalized spacial score (nSPS) is 15.2. The maximum Gasteiger partial charge on any atom is 0.205 e. The highest BCUT2D eigenvalue weighted by Crippen LogP contribution is 2.61. The van der Waals surface area contributed by atoms with E-state index in [4.69, 9.17) is 0 Å². The Hall–Kier alpha value is -0.240. The average molecular weight is 243 g/mol. The Balaban J connectivity index is 2.76. The van der Waals surface area contributed by atoms with Crippen LogP contribution in [0.4, 0.5) is 0 Å². The zero-order valence-electron chi connectivity index (χ0n) is 9.51. The SMILES string of the molecule is CCN(CC)P(C)(=O)Sc1ccccc1. The van der Waals surface area contributed by atoms with Gasteiger partial charge in [0.15, 0.2) is 0 Å². The lowest BCUT2D eigenvalue weighted by atomic mass is 10.4. The zero-order chi connectivity index (χ0) is 11.3. The van der Waals surface area contributed by atoms with Crippen molar-refractivity contribution >= 4 is 17.9 Å². The van der Waals surface area contributed by atoms with Gasteiger partial charge in [0.1, 0.15) is 0 Å². The van der Waals surface area contributed by atoms with Crippen LogP contribution in [0.15, 0.2) is 35.2 Å². The molecule has 0 radical (unpaired) electrons. The topological polar surface area (TPSA) is 20.3 Å². The van der Waals surface area contributed by atoms with Crippen LogP contribution in [0.2, 0.25) is 0 Å². The van der Waals surface area contributed by atoms with Gasteiger partial charge in [-0.3, -0.25) is 4.57 Å². The summed E-state index contributed by atoms with van der Waals surface area (Å²) in [5, 5.41) is 0. The van der Waals surface area contributed by atoms with E-state index in [1.807, 2.05) is 55.5 Å². The summed E-state index contributed by atoms with van der Waals surface area (Å²) in [5.41, 5.74) is 0. The first kappa shape index (κ1) is 12.8. The average Bonchev–Trinajstić information content (AvgIpc) is 2.19. The van der Waals surface area contributed by atoms with Crippen LogP contribution < -0.4 is 0 Å². The molecule has 4 heteroatoms. The van der Waals surface area contributed by atoms with Crippen LogP contribution in [0.25, 0.3) is 0 Å². The van der Waals surface area contributed by atoms with E-state index in [1.165, 1.54) is 11.4 Å². The molecular formula is C11H18NOPS. The van der Waals surface area contributed by atoms with Gasteiger partial charge in [-0.15, -0.1) is 0 Å². The van der Waals surface area contributed by atoms with Crippen LogP contribution in [-0.4, -0.2) is 24.4 Å². The zero-order valence-corrected chi connectivity index (χ0v) is 11.2. The molecule has 15 heavy (non-hydrogen) atoms. The lowest BCUT2D eigenvalue weighted by Crippen LogP contribution is -2.17. The van der Waals surface area contributed by atoms with Crippen molar-refractivity contribution in [1.82, 2.24) is 4.67 Å². The van der Waals surface area contributed by atoms with Crippen LogP contribution in [0.3, 0.4) is 0 Å². The molecule has 0 aliphatic carbocycles. The molecule has 1 unspecified atom stereocenters. The third kappa shape index (κ3) is 3.67. The lowest BCUT2D eigenvalue weighted by Gasteiger charge is -2.25. The number of nitrogens with zero attached hydrogens (tertiary/aromatic N) is 1. The first-order valence-corrected chi connectivity index (χ1v) is 8.70. The molecule has 1 aromatic rings. The molecular weight excluding hydrogens is 225 g/mol. The number of benzene rings is 1. The minimum Gasteiger partial charge on any atom is -0.295 e. The van der Waals surface area contributed by atoms with Crippen molar-refractivity contribution in [2.24, 2.45) is 0 Å². The summed E-state index contributed by atoms with van der Waals surface area (Å²) in [4.78, 5) is 1.08. The van der Waals surface area contributed by atoms with E-state index in [9.17, 15) is 4.57 Å². The first-order valence-electron chi connectivity index (χ1n) is 5.17. The van der Waals surface area contributed by atoms with Crippen molar-refractivity contribution in [3.05, 3.63) is 30.3 Å².